The minimum atomic E-state index is -4.32. The summed E-state index contributed by atoms with van der Waals surface area (Å²) >= 11 is 0. The van der Waals surface area contributed by atoms with Gasteiger partial charge in [0.05, 0.1) is 39.9 Å². The minimum absolute atomic E-state index is 0.0764. The molecule has 0 heterocycles. The van der Waals surface area contributed by atoms with Crippen LogP contribution in [0.1, 0.15) is 309 Å². The predicted octanol–water partition coefficient (Wildman–Crippen LogP) is 19.9. The Morgan fingerprint density at radius 2 is 0.811 bits per heavy atom. The summed E-state index contributed by atoms with van der Waals surface area (Å²) in [6.45, 7) is 4.81. The maximum atomic E-state index is 13.0. The van der Waals surface area contributed by atoms with Crippen molar-refractivity contribution < 1.29 is 32.9 Å². The number of phosphoric ester groups is 1. The molecule has 0 bridgehead atoms. The fraction of sp³-hybridized carbons (Fsp3) is 0.862. The van der Waals surface area contributed by atoms with E-state index in [-0.39, 0.29) is 19.1 Å². The Balaban J connectivity index is 3.96. The zero-order valence-corrected chi connectivity index (χ0v) is 50.7. The van der Waals surface area contributed by atoms with E-state index in [1.807, 2.05) is 21.1 Å². The number of hydrogen-bond acceptors (Lipinski definition) is 5. The molecule has 3 N–H and O–H groups in total. The van der Waals surface area contributed by atoms with E-state index in [0.29, 0.717) is 23.9 Å². The number of allylic oxidation sites excluding steroid dienone is 8. The third-order valence-corrected chi connectivity index (χ3v) is 15.6. The van der Waals surface area contributed by atoms with Crippen molar-refractivity contribution in [3.05, 3.63) is 48.6 Å². The number of amides is 1. The van der Waals surface area contributed by atoms with Crippen LogP contribution >= 0.6 is 7.82 Å². The molecule has 0 saturated carbocycles. The predicted molar refractivity (Wildman–Crippen MR) is 323 cm³/mol. The number of rotatable bonds is 59. The number of phosphoric acid groups is 1. The Bertz CT molecular complexity index is 1340. The number of hydrogen-bond donors (Lipinski definition) is 3. The molecule has 0 saturated heterocycles. The number of nitrogens with zero attached hydrogens (tertiary/aromatic N) is 1. The monoisotopic (exact) mass is 1060 g/mol. The summed E-state index contributed by atoms with van der Waals surface area (Å²) in [6.07, 6.45) is 74.8. The van der Waals surface area contributed by atoms with E-state index >= 15 is 0 Å². The molecule has 0 aliphatic heterocycles. The molecule has 0 aromatic carbocycles. The van der Waals surface area contributed by atoms with E-state index in [2.05, 4.69) is 67.8 Å². The van der Waals surface area contributed by atoms with Crippen LogP contribution in [0.5, 0.6) is 0 Å². The van der Waals surface area contributed by atoms with Crippen molar-refractivity contribution in [2.24, 2.45) is 0 Å². The fourth-order valence-corrected chi connectivity index (χ4v) is 10.4. The number of aliphatic hydroxyl groups excluding tert-OH is 1. The van der Waals surface area contributed by atoms with Gasteiger partial charge in [0.1, 0.15) is 13.2 Å². The normalized spacial score (nSPS) is 14.1. The lowest BCUT2D eigenvalue weighted by Gasteiger charge is -2.26. The molecule has 436 valence electrons. The number of quaternary nitrogens is 1. The third kappa shape index (κ3) is 58.1. The van der Waals surface area contributed by atoms with Crippen LogP contribution in [0, 0.1) is 0 Å². The van der Waals surface area contributed by atoms with Gasteiger partial charge in [-0.3, -0.25) is 13.8 Å². The highest BCUT2D eigenvalue weighted by Crippen LogP contribution is 2.43. The molecule has 0 spiro atoms. The zero-order chi connectivity index (χ0) is 54.2. The number of likely N-dealkylation sites (N-methyl/N-ethyl adjacent to an activating group) is 1. The highest BCUT2D eigenvalue weighted by atomic mass is 31.2. The van der Waals surface area contributed by atoms with Gasteiger partial charge in [0.15, 0.2) is 0 Å². The van der Waals surface area contributed by atoms with E-state index in [1.54, 1.807) is 0 Å². The number of nitrogens with one attached hydrogen (secondary N) is 1. The summed E-state index contributed by atoms with van der Waals surface area (Å²) in [6, 6.07) is -0.759. The average Bonchev–Trinajstić information content (AvgIpc) is 3.36. The van der Waals surface area contributed by atoms with Gasteiger partial charge < -0.3 is 19.8 Å². The van der Waals surface area contributed by atoms with E-state index in [0.717, 1.165) is 64.2 Å². The van der Waals surface area contributed by atoms with Crippen molar-refractivity contribution in [2.75, 3.05) is 40.9 Å². The van der Waals surface area contributed by atoms with Gasteiger partial charge in [0.25, 0.3) is 0 Å². The molecule has 8 nitrogen and oxygen atoms in total. The van der Waals surface area contributed by atoms with Gasteiger partial charge in [0.2, 0.25) is 5.91 Å². The van der Waals surface area contributed by atoms with Crippen LogP contribution in [-0.4, -0.2) is 73.4 Å². The Kier molecular flexibility index (Phi) is 55.0. The van der Waals surface area contributed by atoms with Crippen LogP contribution in [0.3, 0.4) is 0 Å². The second-order valence-electron chi connectivity index (χ2n) is 23.1. The molecule has 3 unspecified atom stereocenters. The maximum absolute atomic E-state index is 13.0. The molecule has 0 aliphatic rings. The van der Waals surface area contributed by atoms with Gasteiger partial charge >= 0.3 is 7.82 Å². The lowest BCUT2D eigenvalue weighted by atomic mass is 10.0. The van der Waals surface area contributed by atoms with Crippen molar-refractivity contribution in [1.29, 1.82) is 0 Å². The van der Waals surface area contributed by atoms with Crippen LogP contribution in [0.25, 0.3) is 0 Å². The summed E-state index contributed by atoms with van der Waals surface area (Å²) in [4.78, 5) is 23.4. The van der Waals surface area contributed by atoms with Crippen LogP contribution in [0.2, 0.25) is 0 Å². The summed E-state index contributed by atoms with van der Waals surface area (Å²) in [7, 11) is 1.63. The molecule has 0 fully saturated rings. The van der Waals surface area contributed by atoms with Gasteiger partial charge in [-0.15, -0.1) is 0 Å². The molecule has 1 amide bonds. The molecular weight excluding hydrogens is 936 g/mol. The first-order valence-corrected chi connectivity index (χ1v) is 33.5. The minimum Gasteiger partial charge on any atom is -0.391 e. The summed E-state index contributed by atoms with van der Waals surface area (Å²) < 4.78 is 23.8. The maximum Gasteiger partial charge on any atom is 0.472 e. The molecule has 9 heteroatoms. The van der Waals surface area contributed by atoms with Crippen molar-refractivity contribution in [2.45, 2.75) is 321 Å². The van der Waals surface area contributed by atoms with Crippen LogP contribution < -0.4 is 5.32 Å². The number of aliphatic hydroxyl groups is 1. The van der Waals surface area contributed by atoms with Gasteiger partial charge in [-0.05, 0) is 51.4 Å². The first-order chi connectivity index (χ1) is 36.0. The second-order valence-corrected chi connectivity index (χ2v) is 24.6. The Morgan fingerprint density at radius 3 is 1.19 bits per heavy atom. The molecule has 0 aromatic heterocycles. The van der Waals surface area contributed by atoms with E-state index in [4.69, 9.17) is 9.05 Å². The summed E-state index contributed by atoms with van der Waals surface area (Å²) in [5.41, 5.74) is 0. The van der Waals surface area contributed by atoms with Crippen LogP contribution in [0.15, 0.2) is 48.6 Å². The van der Waals surface area contributed by atoms with E-state index in [9.17, 15) is 19.4 Å². The van der Waals surface area contributed by atoms with Crippen molar-refractivity contribution in [3.63, 3.8) is 0 Å². The Hall–Kier alpha value is -1.54. The topological polar surface area (TPSA) is 105 Å². The number of carbonyl (C=O) groups is 1. The second kappa shape index (κ2) is 56.2. The zero-order valence-electron chi connectivity index (χ0n) is 49.8. The molecular formula is C65H126N2O6P+. The lowest BCUT2D eigenvalue weighted by Crippen LogP contribution is -2.46. The average molecular weight is 1060 g/mol. The highest BCUT2D eigenvalue weighted by Gasteiger charge is 2.28. The first kappa shape index (κ1) is 72.5. The van der Waals surface area contributed by atoms with Gasteiger partial charge in [-0.1, -0.05) is 300 Å². The SMILES string of the molecule is CC/C=C\C/C=C\C/C=C\C/C=C\CCCCCCCCCCCCCCCCCCCCCCCCC(=O)NC(COP(=O)(O)OCC[N+](C)(C)C)C(O)CCCCCCCCCCCCCCCCCCC. The largest absolute Gasteiger partial charge is 0.472 e. The number of carbonyl (C=O) groups excluding carboxylic acids is 1. The van der Waals surface area contributed by atoms with Gasteiger partial charge in [-0.25, -0.2) is 4.57 Å². The molecule has 0 rings (SSSR count). The van der Waals surface area contributed by atoms with E-state index < -0.39 is 20.0 Å². The number of unbranched alkanes of at least 4 members (excludes halogenated alkanes) is 38. The molecule has 0 radical (unpaired) electrons. The Morgan fingerprint density at radius 1 is 0.473 bits per heavy atom. The van der Waals surface area contributed by atoms with E-state index in [1.165, 1.54) is 218 Å². The molecule has 0 aliphatic carbocycles. The first-order valence-electron chi connectivity index (χ1n) is 32.0. The third-order valence-electron chi connectivity index (χ3n) is 14.6. The summed E-state index contributed by atoms with van der Waals surface area (Å²) in [5.74, 6) is -0.139. The fourth-order valence-electron chi connectivity index (χ4n) is 9.63. The molecule has 74 heavy (non-hydrogen) atoms. The van der Waals surface area contributed by atoms with Crippen molar-refractivity contribution >= 4 is 13.7 Å². The quantitative estimate of drug-likeness (QED) is 0.0243. The lowest BCUT2D eigenvalue weighted by molar-refractivity contribution is -0.870. The molecule has 0 aromatic rings. The van der Waals surface area contributed by atoms with Crippen molar-refractivity contribution in [3.8, 4) is 0 Å². The molecule has 3 atom stereocenters. The smallest absolute Gasteiger partial charge is 0.391 e. The van der Waals surface area contributed by atoms with Gasteiger partial charge in [0, 0.05) is 6.42 Å². The standard InChI is InChI=1S/C65H125N2O6P/c1-6-8-10-12-14-16-18-20-22-24-25-26-27-28-29-30-31-32-33-34-35-36-37-38-39-40-41-43-45-47-49-51-53-55-57-59-65(69)66-63(62-73-74(70,71)72-61-60-67(3,4)5)64(68)58-56-54-52-50-48-46-44-42-23-21-19-17-15-13-11-9-7-2/h8,10,14,16,20,22,25-26,63-64,68H,6-7,9,11-13,15,17-19,21,23-24,27-62H2,1-5H3,(H-,66,69,70,71)/p+1/b10-8-,16-14-,22-20-,26-25-. The van der Waals surface area contributed by atoms with Gasteiger partial charge in [-0.2, -0.15) is 0 Å². The van der Waals surface area contributed by atoms with Crippen molar-refractivity contribution in [1.82, 2.24) is 5.32 Å². The van der Waals surface area contributed by atoms with Crippen LogP contribution in [0.4, 0.5) is 0 Å². The Labute approximate surface area is 460 Å². The summed E-state index contributed by atoms with van der Waals surface area (Å²) in [5, 5.41) is 14.1. The highest BCUT2D eigenvalue weighted by molar-refractivity contribution is 7.47. The van der Waals surface area contributed by atoms with Crippen LogP contribution in [-0.2, 0) is 18.4 Å².